The molecule has 0 saturated heterocycles. The number of nitrogens with zero attached hydrogens (tertiary/aromatic N) is 1. The summed E-state index contributed by atoms with van der Waals surface area (Å²) in [6.45, 7) is 5.21. The monoisotopic (exact) mass is 512 g/mol. The number of fused-ring (bicyclic) bond motifs is 3. The molecule has 5 N–H and O–H groups in total. The largest absolute Gasteiger partial charge is 0.506 e. The highest BCUT2D eigenvalue weighted by atomic mass is 32.2. The topological polar surface area (TPSA) is 127 Å². The zero-order valence-electron chi connectivity index (χ0n) is 20.4. The van der Waals surface area contributed by atoms with Gasteiger partial charge in [-0.3, -0.25) is 4.72 Å². The third-order valence-corrected chi connectivity index (χ3v) is 7.73. The van der Waals surface area contributed by atoms with Gasteiger partial charge in [0.05, 0.1) is 17.3 Å². The van der Waals surface area contributed by atoms with Gasteiger partial charge in [-0.2, -0.15) is 12.7 Å². The van der Waals surface area contributed by atoms with Crippen LogP contribution in [-0.2, 0) is 10.2 Å². The Morgan fingerprint density at radius 1 is 1.00 bits per heavy atom. The molecule has 0 aliphatic heterocycles. The summed E-state index contributed by atoms with van der Waals surface area (Å²) in [5.41, 5.74) is 2.59. The Hall–Kier alpha value is -3.31. The normalized spacial score (nSPS) is 12.9. The number of H-pyrrole nitrogens is 1. The van der Waals surface area contributed by atoms with Crippen molar-refractivity contribution in [1.29, 1.82) is 0 Å². The summed E-state index contributed by atoms with van der Waals surface area (Å²) in [6, 6.07) is 18.5. The fraction of sp³-hybridized carbons (Fsp3) is 0.308. The molecule has 4 aromatic rings. The van der Waals surface area contributed by atoms with E-state index in [1.54, 1.807) is 19.9 Å². The van der Waals surface area contributed by atoms with Gasteiger partial charge in [0.15, 0.2) is 0 Å². The first-order chi connectivity index (χ1) is 17.3. The number of rotatable bonds is 12. The van der Waals surface area contributed by atoms with Gasteiger partial charge in [-0.15, -0.1) is 0 Å². The molecule has 3 aromatic carbocycles. The van der Waals surface area contributed by atoms with Crippen LogP contribution in [0.25, 0.3) is 21.8 Å². The number of aliphatic hydroxyl groups excluding tert-OH is 1. The predicted molar refractivity (Wildman–Crippen MR) is 143 cm³/mol. The van der Waals surface area contributed by atoms with Gasteiger partial charge in [0.2, 0.25) is 0 Å². The summed E-state index contributed by atoms with van der Waals surface area (Å²) < 4.78 is 34.5. The fourth-order valence-corrected chi connectivity index (χ4v) is 5.38. The molecule has 36 heavy (non-hydrogen) atoms. The lowest BCUT2D eigenvalue weighted by atomic mass is 10.1. The molecule has 0 aliphatic rings. The second kappa shape index (κ2) is 11.2. The zero-order valence-corrected chi connectivity index (χ0v) is 21.2. The van der Waals surface area contributed by atoms with Crippen molar-refractivity contribution in [3.63, 3.8) is 0 Å². The van der Waals surface area contributed by atoms with Gasteiger partial charge < -0.3 is 25.3 Å². The minimum absolute atomic E-state index is 0.0224. The highest BCUT2D eigenvalue weighted by Crippen LogP contribution is 2.29. The van der Waals surface area contributed by atoms with Crippen molar-refractivity contribution >= 4 is 37.7 Å². The summed E-state index contributed by atoms with van der Waals surface area (Å²) in [5, 5.41) is 26.1. The third-order valence-electron chi connectivity index (χ3n) is 6.05. The zero-order chi connectivity index (χ0) is 25.7. The van der Waals surface area contributed by atoms with Crippen molar-refractivity contribution < 1.29 is 23.4 Å². The van der Waals surface area contributed by atoms with Crippen molar-refractivity contribution in [2.75, 3.05) is 37.5 Å². The molecule has 0 radical (unpaired) electrons. The van der Waals surface area contributed by atoms with Gasteiger partial charge >= 0.3 is 10.2 Å². The van der Waals surface area contributed by atoms with Crippen molar-refractivity contribution in [3.05, 3.63) is 66.2 Å². The van der Waals surface area contributed by atoms with Crippen LogP contribution in [0.1, 0.15) is 25.5 Å². The molecular formula is C26H32N4O5S. The molecular weight excluding hydrogens is 480 g/mol. The van der Waals surface area contributed by atoms with Crippen LogP contribution in [0.2, 0.25) is 0 Å². The minimum atomic E-state index is -3.81. The maximum Gasteiger partial charge on any atom is 0.301 e. The molecule has 1 unspecified atom stereocenters. The Bertz CT molecular complexity index is 1430. The van der Waals surface area contributed by atoms with Crippen LogP contribution in [0, 0.1) is 0 Å². The molecule has 192 valence electrons. The number of aliphatic hydroxyl groups is 1. The van der Waals surface area contributed by atoms with Crippen molar-refractivity contribution in [3.8, 4) is 11.5 Å². The quantitative estimate of drug-likeness (QED) is 0.145. The summed E-state index contributed by atoms with van der Waals surface area (Å²) >= 11 is 0. The van der Waals surface area contributed by atoms with Crippen LogP contribution < -0.4 is 14.8 Å². The van der Waals surface area contributed by atoms with E-state index in [0.717, 1.165) is 22.2 Å². The van der Waals surface area contributed by atoms with Crippen LogP contribution >= 0.6 is 0 Å². The van der Waals surface area contributed by atoms with Gasteiger partial charge in [0.1, 0.15) is 18.1 Å². The highest BCUT2D eigenvalue weighted by Gasteiger charge is 2.21. The predicted octanol–water partition coefficient (Wildman–Crippen LogP) is 3.73. The number of para-hydroxylation sites is 1. The number of ether oxygens (including phenoxy) is 1. The van der Waals surface area contributed by atoms with Crippen molar-refractivity contribution in [2.24, 2.45) is 0 Å². The van der Waals surface area contributed by atoms with Gasteiger partial charge in [0.25, 0.3) is 0 Å². The number of nitrogens with one attached hydrogen (secondary N) is 3. The lowest BCUT2D eigenvalue weighted by Gasteiger charge is -2.21. The Balaban J connectivity index is 1.29. The van der Waals surface area contributed by atoms with Gasteiger partial charge in [-0.1, -0.05) is 38.1 Å². The maximum atomic E-state index is 12.5. The lowest BCUT2D eigenvalue weighted by molar-refractivity contribution is 0.172. The van der Waals surface area contributed by atoms with Crippen LogP contribution in [0.15, 0.2) is 60.7 Å². The molecule has 4 rings (SSSR count). The number of hydrogen-bond donors (Lipinski definition) is 5. The Labute approximate surface area is 210 Å². The molecule has 1 atom stereocenters. The van der Waals surface area contributed by atoms with Gasteiger partial charge in [0, 0.05) is 48.5 Å². The highest BCUT2D eigenvalue weighted by molar-refractivity contribution is 7.90. The van der Waals surface area contributed by atoms with Gasteiger partial charge in [-0.05, 0) is 35.9 Å². The summed E-state index contributed by atoms with van der Waals surface area (Å²) in [6.07, 6.45) is -0.898. The Morgan fingerprint density at radius 3 is 2.53 bits per heavy atom. The summed E-state index contributed by atoms with van der Waals surface area (Å²) in [4.78, 5) is 3.40. The van der Waals surface area contributed by atoms with E-state index in [2.05, 4.69) is 21.1 Å². The fourth-order valence-electron chi connectivity index (χ4n) is 4.13. The number of aromatic nitrogens is 1. The number of hydrogen-bond acceptors (Lipinski definition) is 6. The first-order valence-electron chi connectivity index (χ1n) is 11.9. The van der Waals surface area contributed by atoms with E-state index in [0.29, 0.717) is 31.8 Å². The number of aromatic hydroxyl groups is 1. The number of phenolic OH excluding ortho intramolecular Hbond substituents is 1. The van der Waals surface area contributed by atoms with E-state index < -0.39 is 16.3 Å². The average molecular weight is 513 g/mol. The van der Waals surface area contributed by atoms with E-state index in [9.17, 15) is 18.6 Å². The Morgan fingerprint density at radius 2 is 1.75 bits per heavy atom. The Kier molecular flexibility index (Phi) is 8.00. The molecule has 0 saturated carbocycles. The van der Waals surface area contributed by atoms with Crippen LogP contribution in [-0.4, -0.2) is 60.7 Å². The molecule has 0 amide bonds. The standard InChI is InChI=1S/C26H32N4O5S/c1-3-30(4-2)36(33,34)29-24-15-18(9-12-25(24)31)26(32)17-27-13-14-35-19-10-11-21-20-7-5-6-8-22(20)28-23(21)16-19/h5-12,15-16,26-29,31-32H,3-4,13-14,17H2,1-2H3. The lowest BCUT2D eigenvalue weighted by Crippen LogP contribution is -2.35. The minimum Gasteiger partial charge on any atom is -0.506 e. The molecule has 1 aromatic heterocycles. The molecule has 0 fully saturated rings. The third kappa shape index (κ3) is 5.73. The number of benzene rings is 3. The molecule has 9 nitrogen and oxygen atoms in total. The molecule has 10 heteroatoms. The first kappa shape index (κ1) is 25.8. The van der Waals surface area contributed by atoms with Crippen LogP contribution in [0.5, 0.6) is 11.5 Å². The van der Waals surface area contributed by atoms with Crippen molar-refractivity contribution in [1.82, 2.24) is 14.6 Å². The number of aromatic amines is 1. The first-order valence-corrected chi connectivity index (χ1v) is 13.4. The number of phenols is 1. The van der Waals surface area contributed by atoms with E-state index in [-0.39, 0.29) is 18.0 Å². The molecule has 0 aliphatic carbocycles. The van der Waals surface area contributed by atoms with E-state index in [4.69, 9.17) is 4.74 Å². The molecule has 1 heterocycles. The van der Waals surface area contributed by atoms with E-state index in [1.165, 1.54) is 21.8 Å². The maximum absolute atomic E-state index is 12.5. The van der Waals surface area contributed by atoms with Crippen LogP contribution in [0.3, 0.4) is 0 Å². The molecule has 0 spiro atoms. The van der Waals surface area contributed by atoms with Crippen molar-refractivity contribution in [2.45, 2.75) is 20.0 Å². The SMILES string of the molecule is CCN(CC)S(=O)(=O)Nc1cc(C(O)CNCCOc2ccc3c(c2)[nH]c2ccccc23)ccc1O. The summed E-state index contributed by atoms with van der Waals surface area (Å²) in [7, 11) is -3.81. The molecule has 0 bridgehead atoms. The summed E-state index contributed by atoms with van der Waals surface area (Å²) in [5.74, 6) is 0.537. The van der Waals surface area contributed by atoms with Gasteiger partial charge in [-0.25, -0.2) is 0 Å². The van der Waals surface area contributed by atoms with E-state index >= 15 is 0 Å². The second-order valence-electron chi connectivity index (χ2n) is 8.41. The average Bonchev–Trinajstić information content (AvgIpc) is 3.23. The van der Waals surface area contributed by atoms with Crippen LogP contribution in [0.4, 0.5) is 5.69 Å². The second-order valence-corrected chi connectivity index (χ2v) is 10.1. The number of anilines is 1. The smallest absolute Gasteiger partial charge is 0.301 e. The van der Waals surface area contributed by atoms with E-state index in [1.807, 2.05) is 36.4 Å².